The molecular formula is C14H16ClN3O2S. The van der Waals surface area contributed by atoms with E-state index < -0.39 is 0 Å². The average Bonchev–Trinajstić information content (AvgIpc) is 2.84. The molecule has 0 saturated heterocycles. The Morgan fingerprint density at radius 3 is 2.86 bits per heavy atom. The second-order valence-corrected chi connectivity index (χ2v) is 6.13. The number of halogens is 1. The second-order valence-electron chi connectivity index (χ2n) is 4.42. The normalized spacial score (nSPS) is 12.0. The maximum Gasteiger partial charge on any atom is 0.237 e. The van der Waals surface area contributed by atoms with Crippen molar-refractivity contribution in [3.8, 4) is 5.75 Å². The largest absolute Gasteiger partial charge is 0.495 e. The first kappa shape index (κ1) is 15.7. The van der Waals surface area contributed by atoms with Crippen molar-refractivity contribution >= 4 is 35.0 Å². The van der Waals surface area contributed by atoms with Gasteiger partial charge in [0.1, 0.15) is 5.75 Å². The van der Waals surface area contributed by atoms with Crippen LogP contribution in [0.4, 0.5) is 5.69 Å². The van der Waals surface area contributed by atoms with E-state index in [0.717, 1.165) is 5.16 Å². The summed E-state index contributed by atoms with van der Waals surface area (Å²) in [5.41, 5.74) is 0.637. The fraction of sp³-hybridized carbons (Fsp3) is 0.286. The minimum absolute atomic E-state index is 0.107. The molecule has 7 heteroatoms. The molecule has 0 radical (unpaired) electrons. The summed E-state index contributed by atoms with van der Waals surface area (Å²) in [5, 5.41) is 3.81. The van der Waals surface area contributed by atoms with Crippen LogP contribution in [-0.2, 0) is 11.8 Å². The van der Waals surface area contributed by atoms with E-state index in [2.05, 4.69) is 10.3 Å². The van der Waals surface area contributed by atoms with Gasteiger partial charge < -0.3 is 14.6 Å². The van der Waals surface area contributed by atoms with Gasteiger partial charge >= 0.3 is 0 Å². The average molecular weight is 326 g/mol. The summed E-state index contributed by atoms with van der Waals surface area (Å²) in [6, 6.07) is 5.13. The molecule has 2 aromatic rings. The van der Waals surface area contributed by atoms with Crippen LogP contribution in [0.5, 0.6) is 5.75 Å². The molecule has 1 unspecified atom stereocenters. The highest BCUT2D eigenvalue weighted by atomic mass is 35.5. The zero-order valence-corrected chi connectivity index (χ0v) is 13.5. The van der Waals surface area contributed by atoms with Gasteiger partial charge in [0, 0.05) is 25.1 Å². The van der Waals surface area contributed by atoms with Crippen molar-refractivity contribution in [2.45, 2.75) is 17.3 Å². The predicted molar refractivity (Wildman–Crippen MR) is 85.2 cm³/mol. The molecule has 0 aliphatic carbocycles. The number of hydrogen-bond acceptors (Lipinski definition) is 4. The van der Waals surface area contributed by atoms with Crippen LogP contribution in [0.2, 0.25) is 5.02 Å². The number of hydrogen-bond donors (Lipinski definition) is 1. The van der Waals surface area contributed by atoms with Gasteiger partial charge in [-0.3, -0.25) is 4.79 Å². The number of ether oxygens (including phenoxy) is 1. The number of imidazole rings is 1. The number of carbonyl (C=O) groups is 1. The summed E-state index contributed by atoms with van der Waals surface area (Å²) in [6.07, 6.45) is 3.55. The van der Waals surface area contributed by atoms with Crippen LogP contribution in [-0.4, -0.2) is 27.8 Å². The number of aromatic nitrogens is 2. The highest BCUT2D eigenvalue weighted by Crippen LogP contribution is 2.28. The quantitative estimate of drug-likeness (QED) is 0.858. The number of aryl methyl sites for hydroxylation is 1. The van der Waals surface area contributed by atoms with Crippen molar-refractivity contribution in [2.24, 2.45) is 7.05 Å². The number of thioether (sulfide) groups is 1. The van der Waals surface area contributed by atoms with Gasteiger partial charge in [-0.1, -0.05) is 23.4 Å². The molecule has 0 bridgehead atoms. The third-order valence-corrected chi connectivity index (χ3v) is 4.31. The smallest absolute Gasteiger partial charge is 0.237 e. The first-order valence-electron chi connectivity index (χ1n) is 6.29. The summed E-state index contributed by atoms with van der Waals surface area (Å²) in [5.74, 6) is 0.467. The van der Waals surface area contributed by atoms with Crippen LogP contribution >= 0.6 is 23.4 Å². The van der Waals surface area contributed by atoms with Crippen LogP contribution in [0, 0.1) is 0 Å². The summed E-state index contributed by atoms with van der Waals surface area (Å²) in [7, 11) is 3.44. The van der Waals surface area contributed by atoms with Crippen molar-refractivity contribution in [1.82, 2.24) is 9.55 Å². The molecule has 1 atom stereocenters. The Labute approximate surface area is 132 Å². The van der Waals surface area contributed by atoms with Crippen LogP contribution in [0.3, 0.4) is 0 Å². The van der Waals surface area contributed by atoms with E-state index in [1.807, 2.05) is 24.7 Å². The minimum Gasteiger partial charge on any atom is -0.495 e. The highest BCUT2D eigenvalue weighted by Gasteiger charge is 2.17. The fourth-order valence-corrected chi connectivity index (χ4v) is 2.75. The minimum atomic E-state index is -0.271. The van der Waals surface area contributed by atoms with E-state index in [1.54, 1.807) is 31.5 Å². The number of anilines is 1. The van der Waals surface area contributed by atoms with Crippen molar-refractivity contribution < 1.29 is 9.53 Å². The van der Waals surface area contributed by atoms with E-state index in [0.29, 0.717) is 16.5 Å². The molecule has 21 heavy (non-hydrogen) atoms. The van der Waals surface area contributed by atoms with Crippen LogP contribution in [0.25, 0.3) is 0 Å². The van der Waals surface area contributed by atoms with Gasteiger partial charge in [0.25, 0.3) is 0 Å². The number of amides is 1. The fourth-order valence-electron chi connectivity index (χ4n) is 1.67. The Hall–Kier alpha value is -1.66. The highest BCUT2D eigenvalue weighted by molar-refractivity contribution is 8.00. The van der Waals surface area contributed by atoms with Crippen molar-refractivity contribution in [3.63, 3.8) is 0 Å². The molecular weight excluding hydrogens is 310 g/mol. The Morgan fingerprint density at radius 1 is 1.52 bits per heavy atom. The third-order valence-electron chi connectivity index (χ3n) is 2.85. The zero-order valence-electron chi connectivity index (χ0n) is 12.0. The number of carbonyl (C=O) groups excluding carboxylic acids is 1. The zero-order chi connectivity index (χ0) is 15.4. The van der Waals surface area contributed by atoms with Gasteiger partial charge in [-0.2, -0.15) is 0 Å². The number of rotatable bonds is 5. The van der Waals surface area contributed by atoms with E-state index in [9.17, 15) is 4.79 Å². The number of methoxy groups -OCH3 is 1. The van der Waals surface area contributed by atoms with Crippen LogP contribution in [0.1, 0.15) is 6.92 Å². The van der Waals surface area contributed by atoms with E-state index in [-0.39, 0.29) is 11.2 Å². The lowest BCUT2D eigenvalue weighted by atomic mass is 10.3. The van der Waals surface area contributed by atoms with E-state index in [4.69, 9.17) is 16.3 Å². The van der Waals surface area contributed by atoms with E-state index >= 15 is 0 Å². The lowest BCUT2D eigenvalue weighted by Gasteiger charge is -2.12. The van der Waals surface area contributed by atoms with Crippen molar-refractivity contribution in [2.75, 3.05) is 12.4 Å². The Kier molecular flexibility index (Phi) is 5.14. The molecule has 0 aliphatic heterocycles. The molecule has 0 aliphatic rings. The summed E-state index contributed by atoms with van der Waals surface area (Å²) in [4.78, 5) is 16.4. The summed E-state index contributed by atoms with van der Waals surface area (Å²) >= 11 is 7.43. The lowest BCUT2D eigenvalue weighted by molar-refractivity contribution is -0.115. The Bertz CT molecular complexity index is 645. The lowest BCUT2D eigenvalue weighted by Crippen LogP contribution is -2.22. The van der Waals surface area contributed by atoms with Crippen molar-refractivity contribution in [1.29, 1.82) is 0 Å². The molecule has 1 aromatic heterocycles. The van der Waals surface area contributed by atoms with Gasteiger partial charge in [-0.05, 0) is 25.1 Å². The molecule has 0 fully saturated rings. The summed E-state index contributed by atoms with van der Waals surface area (Å²) < 4.78 is 6.95. The van der Waals surface area contributed by atoms with Crippen LogP contribution in [0.15, 0.2) is 35.7 Å². The molecule has 2 rings (SSSR count). The molecule has 0 saturated carbocycles. The van der Waals surface area contributed by atoms with Gasteiger partial charge in [-0.15, -0.1) is 0 Å². The van der Waals surface area contributed by atoms with Gasteiger partial charge in [-0.25, -0.2) is 4.98 Å². The molecule has 1 N–H and O–H groups in total. The molecule has 1 amide bonds. The number of nitrogens with zero attached hydrogens (tertiary/aromatic N) is 2. The Morgan fingerprint density at radius 2 is 2.29 bits per heavy atom. The first-order chi connectivity index (χ1) is 10.0. The molecule has 0 spiro atoms. The second kappa shape index (κ2) is 6.87. The molecule has 112 valence electrons. The SMILES string of the molecule is COc1ccc(NC(=O)C(C)Sc2nccn2C)cc1Cl. The van der Waals surface area contributed by atoms with E-state index in [1.165, 1.54) is 11.8 Å². The topological polar surface area (TPSA) is 56.1 Å². The predicted octanol–water partition coefficient (Wildman–Crippen LogP) is 3.20. The molecule has 5 nitrogen and oxygen atoms in total. The molecule has 1 heterocycles. The maximum absolute atomic E-state index is 12.2. The monoisotopic (exact) mass is 325 g/mol. The number of nitrogens with one attached hydrogen (secondary N) is 1. The third kappa shape index (κ3) is 3.92. The summed E-state index contributed by atoms with van der Waals surface area (Å²) in [6.45, 7) is 1.83. The van der Waals surface area contributed by atoms with Crippen molar-refractivity contribution in [3.05, 3.63) is 35.6 Å². The Balaban J connectivity index is 2.00. The van der Waals surface area contributed by atoms with Gasteiger partial charge in [0.05, 0.1) is 17.4 Å². The molecule has 1 aromatic carbocycles. The van der Waals surface area contributed by atoms with Crippen LogP contribution < -0.4 is 10.1 Å². The number of benzene rings is 1. The van der Waals surface area contributed by atoms with Gasteiger partial charge in [0.15, 0.2) is 5.16 Å². The van der Waals surface area contributed by atoms with Gasteiger partial charge in [0.2, 0.25) is 5.91 Å². The maximum atomic E-state index is 12.2. The standard InChI is InChI=1S/C14H16ClN3O2S/c1-9(21-14-16-6-7-18(14)2)13(19)17-10-4-5-12(20-3)11(15)8-10/h4-9H,1-3H3,(H,17,19). The first-order valence-corrected chi connectivity index (χ1v) is 7.55.